The van der Waals surface area contributed by atoms with Gasteiger partial charge in [-0.3, -0.25) is 0 Å². The van der Waals surface area contributed by atoms with Crippen molar-refractivity contribution in [3.8, 4) is 6.07 Å². The Hall–Kier alpha value is -1.62. The lowest BCUT2D eigenvalue weighted by atomic mass is 10.1. The largest absolute Gasteiger partial charge is 0.353 e. The van der Waals surface area contributed by atoms with Crippen molar-refractivity contribution < 1.29 is 0 Å². The predicted octanol–water partition coefficient (Wildman–Crippen LogP) is 6.47. The average Bonchev–Trinajstić information content (AvgIpc) is 2.47. The molecule has 0 amide bonds. The molecule has 0 saturated heterocycles. The fourth-order valence-corrected chi connectivity index (χ4v) is 2.56. The Kier molecular flexibility index (Phi) is 4.83. The first-order valence-corrected chi connectivity index (χ1v) is 7.01. The van der Waals surface area contributed by atoms with Crippen molar-refractivity contribution in [1.82, 2.24) is 0 Å². The van der Waals surface area contributed by atoms with E-state index in [1.165, 1.54) is 0 Å². The Morgan fingerprint density at radius 3 is 2.14 bits per heavy atom. The number of anilines is 2. The number of rotatable bonds is 2. The van der Waals surface area contributed by atoms with Gasteiger partial charge in [0.25, 0.3) is 0 Å². The van der Waals surface area contributed by atoms with Crippen molar-refractivity contribution in [3.63, 3.8) is 0 Å². The summed E-state index contributed by atoms with van der Waals surface area (Å²) in [5.74, 6) is 0. The number of hydrogen-bond acceptors (Lipinski definition) is 2. The lowest BCUT2D eigenvalue weighted by Gasteiger charge is -2.14. The Balaban J connectivity index is 2.61. The second kappa shape index (κ2) is 6.43. The van der Waals surface area contributed by atoms with Crippen LogP contribution >= 0.6 is 46.4 Å². The standard InChI is InChI=1S/C14H5Cl4N3/c1-20-14-10(16)9(6-19)13(11(17)12(14)18)21-8-4-2-7(15)3-5-8/h2-5,21H. The van der Waals surface area contributed by atoms with Crippen molar-refractivity contribution in [2.75, 3.05) is 5.32 Å². The summed E-state index contributed by atoms with van der Waals surface area (Å²) in [5, 5.41) is 12.8. The third-order valence-electron chi connectivity index (χ3n) is 2.63. The van der Waals surface area contributed by atoms with E-state index in [0.717, 1.165) is 0 Å². The second-order valence-electron chi connectivity index (χ2n) is 3.90. The van der Waals surface area contributed by atoms with E-state index >= 15 is 0 Å². The smallest absolute Gasteiger partial charge is 0.226 e. The lowest BCUT2D eigenvalue weighted by molar-refractivity contribution is 1.46. The Labute approximate surface area is 141 Å². The number of nitrogens with zero attached hydrogens (tertiary/aromatic N) is 2. The van der Waals surface area contributed by atoms with Gasteiger partial charge in [0.05, 0.1) is 32.9 Å². The normalized spacial score (nSPS) is 9.81. The fourth-order valence-electron chi connectivity index (χ4n) is 1.65. The topological polar surface area (TPSA) is 40.2 Å². The van der Waals surface area contributed by atoms with Crippen molar-refractivity contribution in [1.29, 1.82) is 5.26 Å². The van der Waals surface area contributed by atoms with Gasteiger partial charge < -0.3 is 5.32 Å². The molecule has 0 aliphatic rings. The lowest BCUT2D eigenvalue weighted by Crippen LogP contribution is -1.96. The molecule has 7 heteroatoms. The minimum Gasteiger partial charge on any atom is -0.353 e. The van der Waals surface area contributed by atoms with E-state index in [1.807, 2.05) is 6.07 Å². The quantitative estimate of drug-likeness (QED) is 0.495. The minimum absolute atomic E-state index is 0.00660. The van der Waals surface area contributed by atoms with E-state index < -0.39 is 0 Å². The third-order valence-corrected chi connectivity index (χ3v) is 4.10. The summed E-state index contributed by atoms with van der Waals surface area (Å²) in [6, 6.07) is 8.72. The molecule has 0 fully saturated rings. The zero-order chi connectivity index (χ0) is 15.6. The van der Waals surface area contributed by atoms with Crippen LogP contribution in [-0.4, -0.2) is 0 Å². The highest BCUT2D eigenvalue weighted by Crippen LogP contribution is 2.46. The minimum atomic E-state index is -0.0402. The summed E-state index contributed by atoms with van der Waals surface area (Å²) in [7, 11) is 0. The van der Waals surface area contributed by atoms with E-state index in [2.05, 4.69) is 10.2 Å². The van der Waals surface area contributed by atoms with Gasteiger partial charge in [0.1, 0.15) is 6.07 Å². The number of nitrogens with one attached hydrogen (secondary N) is 1. The van der Waals surface area contributed by atoms with Gasteiger partial charge in [0.2, 0.25) is 5.69 Å². The first-order valence-electron chi connectivity index (χ1n) is 5.50. The summed E-state index contributed by atoms with van der Waals surface area (Å²) >= 11 is 24.0. The molecule has 0 saturated carbocycles. The molecule has 2 rings (SSSR count). The maximum absolute atomic E-state index is 9.26. The number of benzene rings is 2. The summed E-state index contributed by atoms with van der Waals surface area (Å²) in [5.41, 5.74) is 0.929. The van der Waals surface area contributed by atoms with E-state index in [0.29, 0.717) is 10.7 Å². The van der Waals surface area contributed by atoms with Crippen molar-refractivity contribution in [3.05, 3.63) is 61.3 Å². The maximum Gasteiger partial charge on any atom is 0.226 e. The van der Waals surface area contributed by atoms with Crippen LogP contribution in [0.3, 0.4) is 0 Å². The Morgan fingerprint density at radius 1 is 1.00 bits per heavy atom. The molecule has 3 nitrogen and oxygen atoms in total. The van der Waals surface area contributed by atoms with Crippen LogP contribution < -0.4 is 5.32 Å². The molecule has 0 bridgehead atoms. The zero-order valence-electron chi connectivity index (χ0n) is 10.2. The van der Waals surface area contributed by atoms with Gasteiger partial charge in [0.15, 0.2) is 0 Å². The highest BCUT2D eigenvalue weighted by Gasteiger charge is 2.21. The number of hydrogen-bond donors (Lipinski definition) is 1. The fraction of sp³-hybridized carbons (Fsp3) is 0. The summed E-state index contributed by atoms with van der Waals surface area (Å²) in [6.07, 6.45) is 0. The van der Waals surface area contributed by atoms with Crippen LogP contribution in [0.5, 0.6) is 0 Å². The highest BCUT2D eigenvalue weighted by atomic mass is 35.5. The molecule has 2 aromatic rings. The first kappa shape index (κ1) is 15.8. The van der Waals surface area contributed by atoms with Crippen LogP contribution in [0.1, 0.15) is 5.56 Å². The zero-order valence-corrected chi connectivity index (χ0v) is 13.2. The van der Waals surface area contributed by atoms with Crippen molar-refractivity contribution >= 4 is 63.5 Å². The van der Waals surface area contributed by atoms with Gasteiger partial charge in [-0.05, 0) is 24.3 Å². The molecule has 0 aliphatic heterocycles. The maximum atomic E-state index is 9.26. The van der Waals surface area contributed by atoms with Crippen LogP contribution in [0.15, 0.2) is 24.3 Å². The predicted molar refractivity (Wildman–Crippen MR) is 87.2 cm³/mol. The molecular formula is C14H5Cl4N3. The first-order chi connectivity index (χ1) is 9.99. The molecule has 0 radical (unpaired) electrons. The molecular weight excluding hydrogens is 352 g/mol. The summed E-state index contributed by atoms with van der Waals surface area (Å²) < 4.78 is 0. The van der Waals surface area contributed by atoms with E-state index in [9.17, 15) is 5.26 Å². The Bertz CT molecular complexity index is 786. The SMILES string of the molecule is [C-]#[N+]c1c(Cl)c(Cl)c(Nc2ccc(Cl)cc2)c(C#N)c1Cl. The molecule has 0 atom stereocenters. The van der Waals surface area contributed by atoms with E-state index in [-0.39, 0.29) is 32.0 Å². The molecule has 1 N–H and O–H groups in total. The molecule has 0 aliphatic carbocycles. The molecule has 2 aromatic carbocycles. The van der Waals surface area contributed by atoms with Crippen molar-refractivity contribution in [2.24, 2.45) is 0 Å². The number of nitriles is 1. The highest BCUT2D eigenvalue weighted by molar-refractivity contribution is 6.48. The monoisotopic (exact) mass is 355 g/mol. The van der Waals surface area contributed by atoms with Gasteiger partial charge in [-0.15, -0.1) is 0 Å². The molecule has 0 aromatic heterocycles. The van der Waals surface area contributed by atoms with Crippen LogP contribution in [0.4, 0.5) is 17.1 Å². The van der Waals surface area contributed by atoms with Gasteiger partial charge in [-0.25, -0.2) is 4.85 Å². The van der Waals surface area contributed by atoms with Gasteiger partial charge in [-0.1, -0.05) is 46.4 Å². The second-order valence-corrected chi connectivity index (χ2v) is 5.47. The van der Waals surface area contributed by atoms with Gasteiger partial charge >= 0.3 is 0 Å². The van der Waals surface area contributed by atoms with Gasteiger partial charge in [-0.2, -0.15) is 5.26 Å². The molecule has 0 spiro atoms. The average molecular weight is 357 g/mol. The molecule has 0 unspecified atom stereocenters. The summed E-state index contributed by atoms with van der Waals surface area (Å²) in [4.78, 5) is 3.20. The van der Waals surface area contributed by atoms with Crippen molar-refractivity contribution in [2.45, 2.75) is 0 Å². The summed E-state index contributed by atoms with van der Waals surface area (Å²) in [6.45, 7) is 7.06. The van der Waals surface area contributed by atoms with Crippen LogP contribution in [0.2, 0.25) is 20.1 Å². The third kappa shape index (κ3) is 3.02. The van der Waals surface area contributed by atoms with Crippen LogP contribution in [-0.2, 0) is 0 Å². The Morgan fingerprint density at radius 2 is 1.62 bits per heavy atom. The van der Waals surface area contributed by atoms with Gasteiger partial charge in [0, 0.05) is 10.7 Å². The number of halogens is 4. The molecule has 104 valence electrons. The van der Waals surface area contributed by atoms with Crippen LogP contribution in [0.25, 0.3) is 4.85 Å². The van der Waals surface area contributed by atoms with E-state index in [4.69, 9.17) is 53.0 Å². The van der Waals surface area contributed by atoms with Crippen LogP contribution in [0, 0.1) is 17.9 Å². The molecule has 0 heterocycles. The van der Waals surface area contributed by atoms with E-state index in [1.54, 1.807) is 24.3 Å². The molecule has 21 heavy (non-hydrogen) atoms.